The van der Waals surface area contributed by atoms with Crippen LogP contribution in [0.2, 0.25) is 0 Å². The maximum atomic E-state index is 12.3. The normalized spacial score (nSPS) is 21.7. The van der Waals surface area contributed by atoms with E-state index in [2.05, 4.69) is 10.2 Å². The molecule has 4 nitrogen and oxygen atoms in total. The van der Waals surface area contributed by atoms with Crippen molar-refractivity contribution in [1.29, 1.82) is 0 Å². The summed E-state index contributed by atoms with van der Waals surface area (Å²) < 4.78 is 37.0. The van der Waals surface area contributed by atoms with Gasteiger partial charge in [-0.05, 0) is 13.3 Å². The SMILES string of the molecule is CC(C)NC(C)(CO)CCN1CCN(CC(F)(F)F)CC1. The molecule has 1 aliphatic heterocycles. The van der Waals surface area contributed by atoms with E-state index >= 15 is 0 Å². The Kier molecular flexibility index (Phi) is 6.90. The Bertz CT molecular complexity index is 304. The van der Waals surface area contributed by atoms with E-state index in [9.17, 15) is 18.3 Å². The van der Waals surface area contributed by atoms with E-state index in [1.54, 1.807) is 0 Å². The average Bonchev–Trinajstić information content (AvgIpc) is 2.35. The minimum Gasteiger partial charge on any atom is -0.394 e. The highest BCUT2D eigenvalue weighted by Crippen LogP contribution is 2.18. The van der Waals surface area contributed by atoms with Crippen molar-refractivity contribution in [3.8, 4) is 0 Å². The van der Waals surface area contributed by atoms with Gasteiger partial charge in [-0.2, -0.15) is 13.2 Å². The molecule has 7 heteroatoms. The zero-order valence-corrected chi connectivity index (χ0v) is 13.2. The third kappa shape index (κ3) is 7.44. The number of nitrogens with zero attached hydrogens (tertiary/aromatic N) is 2. The fourth-order valence-corrected chi connectivity index (χ4v) is 2.72. The van der Waals surface area contributed by atoms with Crippen LogP contribution in [0.25, 0.3) is 0 Å². The van der Waals surface area contributed by atoms with Gasteiger partial charge in [0.15, 0.2) is 0 Å². The minimum atomic E-state index is -4.11. The predicted molar refractivity (Wildman–Crippen MR) is 77.3 cm³/mol. The first-order valence-electron chi connectivity index (χ1n) is 7.53. The molecule has 1 fully saturated rings. The summed E-state index contributed by atoms with van der Waals surface area (Å²) in [4.78, 5) is 3.62. The Morgan fingerprint density at radius 3 is 2.05 bits per heavy atom. The molecular formula is C14H28F3N3O. The number of piperazine rings is 1. The van der Waals surface area contributed by atoms with Gasteiger partial charge < -0.3 is 15.3 Å². The zero-order valence-electron chi connectivity index (χ0n) is 13.2. The molecule has 0 saturated carbocycles. The lowest BCUT2D eigenvalue weighted by molar-refractivity contribution is -0.149. The summed E-state index contributed by atoms with van der Waals surface area (Å²) in [6.07, 6.45) is -3.33. The summed E-state index contributed by atoms with van der Waals surface area (Å²) in [5.74, 6) is 0. The maximum Gasteiger partial charge on any atom is 0.401 e. The largest absolute Gasteiger partial charge is 0.401 e. The summed E-state index contributed by atoms with van der Waals surface area (Å²) in [5, 5.41) is 12.9. The second-order valence-corrected chi connectivity index (χ2v) is 6.50. The van der Waals surface area contributed by atoms with Crippen LogP contribution in [-0.4, -0.2) is 78.5 Å². The van der Waals surface area contributed by atoms with Gasteiger partial charge >= 0.3 is 6.18 Å². The molecule has 1 aliphatic rings. The third-order valence-electron chi connectivity index (χ3n) is 3.83. The Hall–Kier alpha value is -0.370. The van der Waals surface area contributed by atoms with Crippen molar-refractivity contribution in [2.45, 2.75) is 44.9 Å². The van der Waals surface area contributed by atoms with Crippen LogP contribution in [0.4, 0.5) is 13.2 Å². The Balaban J connectivity index is 2.32. The molecule has 0 amide bonds. The summed E-state index contributed by atoms with van der Waals surface area (Å²) in [6, 6.07) is 0.283. The van der Waals surface area contributed by atoms with Crippen LogP contribution in [-0.2, 0) is 0 Å². The second-order valence-electron chi connectivity index (χ2n) is 6.50. The van der Waals surface area contributed by atoms with Crippen molar-refractivity contribution in [2.24, 2.45) is 0 Å². The van der Waals surface area contributed by atoms with E-state index in [-0.39, 0.29) is 18.2 Å². The van der Waals surface area contributed by atoms with Crippen molar-refractivity contribution in [1.82, 2.24) is 15.1 Å². The Labute approximate surface area is 125 Å². The van der Waals surface area contributed by atoms with E-state index < -0.39 is 12.7 Å². The van der Waals surface area contributed by atoms with Crippen LogP contribution in [0, 0.1) is 0 Å². The summed E-state index contributed by atoms with van der Waals surface area (Å²) in [5.41, 5.74) is -0.336. The van der Waals surface area contributed by atoms with E-state index in [1.165, 1.54) is 4.90 Å². The molecule has 1 unspecified atom stereocenters. The minimum absolute atomic E-state index is 0.0548. The van der Waals surface area contributed by atoms with E-state index in [0.29, 0.717) is 26.2 Å². The number of hydrogen-bond acceptors (Lipinski definition) is 4. The molecule has 0 radical (unpaired) electrons. The first-order chi connectivity index (χ1) is 9.63. The lowest BCUT2D eigenvalue weighted by Gasteiger charge is -2.38. The first kappa shape index (κ1) is 18.7. The number of halogens is 3. The average molecular weight is 311 g/mol. The lowest BCUT2D eigenvalue weighted by Crippen LogP contribution is -2.53. The lowest BCUT2D eigenvalue weighted by atomic mass is 9.97. The molecule has 0 aromatic rings. The predicted octanol–water partition coefficient (Wildman–Crippen LogP) is 1.31. The van der Waals surface area contributed by atoms with E-state index in [0.717, 1.165) is 13.0 Å². The van der Waals surface area contributed by atoms with Crippen LogP contribution in [0.1, 0.15) is 27.2 Å². The van der Waals surface area contributed by atoms with Gasteiger partial charge in [-0.1, -0.05) is 13.8 Å². The van der Waals surface area contributed by atoms with Crippen molar-refractivity contribution in [3.63, 3.8) is 0 Å². The standard InChI is InChI=1S/C14H28F3N3O/c1-12(2)18-13(3,11-21)4-5-19-6-8-20(9-7-19)10-14(15,16)17/h12,18,21H,4-11H2,1-3H3. The molecule has 1 rings (SSSR count). The Morgan fingerprint density at radius 1 is 1.10 bits per heavy atom. The van der Waals surface area contributed by atoms with Crippen molar-refractivity contribution in [3.05, 3.63) is 0 Å². The van der Waals surface area contributed by atoms with Crippen molar-refractivity contribution < 1.29 is 18.3 Å². The van der Waals surface area contributed by atoms with Crippen molar-refractivity contribution in [2.75, 3.05) is 45.9 Å². The topological polar surface area (TPSA) is 38.7 Å². The van der Waals surface area contributed by atoms with Crippen LogP contribution in [0.15, 0.2) is 0 Å². The monoisotopic (exact) mass is 311 g/mol. The molecule has 1 atom stereocenters. The number of rotatable bonds is 7. The summed E-state index contributed by atoms with van der Waals surface area (Å²) >= 11 is 0. The zero-order chi connectivity index (χ0) is 16.1. The number of alkyl halides is 3. The molecule has 2 N–H and O–H groups in total. The number of aliphatic hydroxyl groups is 1. The van der Waals surface area contributed by atoms with Gasteiger partial charge in [-0.3, -0.25) is 4.90 Å². The molecular weight excluding hydrogens is 283 g/mol. The quantitative estimate of drug-likeness (QED) is 0.743. The van der Waals surface area contributed by atoms with Gasteiger partial charge in [0.05, 0.1) is 13.2 Å². The van der Waals surface area contributed by atoms with Crippen LogP contribution in [0.3, 0.4) is 0 Å². The summed E-state index contributed by atoms with van der Waals surface area (Å²) in [7, 11) is 0. The van der Waals surface area contributed by atoms with Gasteiger partial charge in [0.2, 0.25) is 0 Å². The molecule has 21 heavy (non-hydrogen) atoms. The highest BCUT2D eigenvalue weighted by atomic mass is 19.4. The van der Waals surface area contributed by atoms with Gasteiger partial charge in [0, 0.05) is 44.3 Å². The molecule has 0 aromatic carbocycles. The smallest absolute Gasteiger partial charge is 0.394 e. The number of nitrogens with one attached hydrogen (secondary N) is 1. The van der Waals surface area contributed by atoms with Gasteiger partial charge in [0.1, 0.15) is 0 Å². The molecule has 0 bridgehead atoms. The van der Waals surface area contributed by atoms with Crippen LogP contribution < -0.4 is 5.32 Å². The first-order valence-corrected chi connectivity index (χ1v) is 7.53. The van der Waals surface area contributed by atoms with Gasteiger partial charge in [-0.15, -0.1) is 0 Å². The van der Waals surface area contributed by atoms with Crippen LogP contribution in [0.5, 0.6) is 0 Å². The fourth-order valence-electron chi connectivity index (χ4n) is 2.72. The molecule has 126 valence electrons. The summed E-state index contributed by atoms with van der Waals surface area (Å²) in [6.45, 7) is 8.28. The highest BCUT2D eigenvalue weighted by Gasteiger charge is 2.32. The van der Waals surface area contributed by atoms with E-state index in [4.69, 9.17) is 0 Å². The second kappa shape index (κ2) is 7.76. The van der Waals surface area contributed by atoms with Gasteiger partial charge in [-0.25, -0.2) is 0 Å². The molecule has 0 spiro atoms. The number of hydrogen-bond donors (Lipinski definition) is 2. The molecule has 1 heterocycles. The van der Waals surface area contributed by atoms with Gasteiger partial charge in [0.25, 0.3) is 0 Å². The fraction of sp³-hybridized carbons (Fsp3) is 1.00. The molecule has 1 saturated heterocycles. The number of aliphatic hydroxyl groups excluding tert-OH is 1. The maximum absolute atomic E-state index is 12.3. The van der Waals surface area contributed by atoms with Crippen LogP contribution >= 0.6 is 0 Å². The highest BCUT2D eigenvalue weighted by molar-refractivity contribution is 4.86. The molecule has 0 aromatic heterocycles. The van der Waals surface area contributed by atoms with E-state index in [1.807, 2.05) is 20.8 Å². The third-order valence-corrected chi connectivity index (χ3v) is 3.83. The Morgan fingerprint density at radius 2 is 1.62 bits per heavy atom. The molecule has 0 aliphatic carbocycles. The van der Waals surface area contributed by atoms with Crippen molar-refractivity contribution >= 4 is 0 Å².